The van der Waals surface area contributed by atoms with E-state index in [2.05, 4.69) is 10.6 Å². The highest BCUT2D eigenvalue weighted by Gasteiger charge is 2.27. The van der Waals surface area contributed by atoms with E-state index in [-0.39, 0.29) is 5.97 Å². The smallest absolute Gasteiger partial charge is 0.328 e. The quantitative estimate of drug-likeness (QED) is 0.641. The van der Waals surface area contributed by atoms with Crippen molar-refractivity contribution in [3.63, 3.8) is 0 Å². The first-order chi connectivity index (χ1) is 9.63. The van der Waals surface area contributed by atoms with Crippen LogP contribution in [-0.2, 0) is 9.53 Å². The van der Waals surface area contributed by atoms with Gasteiger partial charge in [-0.2, -0.15) is 0 Å². The highest BCUT2D eigenvalue weighted by Crippen LogP contribution is 2.28. The van der Waals surface area contributed by atoms with Gasteiger partial charge in [0.15, 0.2) is 5.11 Å². The molecular weight excluding hydrogens is 280 g/mol. The van der Waals surface area contributed by atoms with Gasteiger partial charge >= 0.3 is 5.97 Å². The standard InChI is InChI=1S/C13H16N2O4S/c1-17-8-3-4-11(18-2)10(7-8)15-13(20)14-9-5-6-19-12(9)16/h3-4,7,9H,5-6H2,1-2H3,(H2,14,15,20). The summed E-state index contributed by atoms with van der Waals surface area (Å²) in [4.78, 5) is 11.4. The number of hydrogen-bond donors (Lipinski definition) is 2. The van der Waals surface area contributed by atoms with Crippen LogP contribution in [0.4, 0.5) is 5.69 Å². The first-order valence-corrected chi connectivity index (χ1v) is 6.51. The fourth-order valence-electron chi connectivity index (χ4n) is 1.86. The van der Waals surface area contributed by atoms with Crippen LogP contribution in [0.25, 0.3) is 0 Å². The van der Waals surface area contributed by atoms with E-state index in [1.807, 2.05) is 0 Å². The largest absolute Gasteiger partial charge is 0.497 e. The van der Waals surface area contributed by atoms with E-state index < -0.39 is 6.04 Å². The average molecular weight is 296 g/mol. The molecule has 108 valence electrons. The van der Waals surface area contributed by atoms with Gasteiger partial charge in [-0.3, -0.25) is 0 Å². The van der Waals surface area contributed by atoms with E-state index in [0.29, 0.717) is 35.3 Å². The summed E-state index contributed by atoms with van der Waals surface area (Å²) in [6.45, 7) is 0.418. The lowest BCUT2D eigenvalue weighted by Gasteiger charge is -2.16. The zero-order valence-corrected chi connectivity index (χ0v) is 12.1. The molecule has 0 amide bonds. The Hall–Kier alpha value is -2.02. The van der Waals surface area contributed by atoms with Crippen LogP contribution >= 0.6 is 12.2 Å². The summed E-state index contributed by atoms with van der Waals surface area (Å²) < 4.78 is 15.3. The number of carbonyl (C=O) groups is 1. The van der Waals surface area contributed by atoms with Crippen LogP contribution in [-0.4, -0.2) is 38.0 Å². The van der Waals surface area contributed by atoms with Gasteiger partial charge < -0.3 is 24.8 Å². The van der Waals surface area contributed by atoms with Crippen LogP contribution in [0.15, 0.2) is 18.2 Å². The Kier molecular flexibility index (Phi) is 4.62. The van der Waals surface area contributed by atoms with Gasteiger partial charge in [0.05, 0.1) is 26.5 Å². The molecule has 2 N–H and O–H groups in total. The molecule has 1 fully saturated rings. The molecule has 7 heteroatoms. The highest BCUT2D eigenvalue weighted by atomic mass is 32.1. The zero-order valence-electron chi connectivity index (χ0n) is 11.3. The van der Waals surface area contributed by atoms with Crippen molar-refractivity contribution < 1.29 is 19.0 Å². The number of anilines is 1. The molecular formula is C13H16N2O4S. The predicted octanol–water partition coefficient (Wildman–Crippen LogP) is 1.31. The maximum atomic E-state index is 11.4. The predicted molar refractivity (Wildman–Crippen MR) is 78.3 cm³/mol. The number of benzene rings is 1. The van der Waals surface area contributed by atoms with Crippen LogP contribution in [0.5, 0.6) is 11.5 Å². The molecule has 0 spiro atoms. The maximum Gasteiger partial charge on any atom is 0.328 e. The van der Waals surface area contributed by atoms with Gasteiger partial charge in [0.25, 0.3) is 0 Å². The molecule has 1 atom stereocenters. The van der Waals surface area contributed by atoms with Gasteiger partial charge in [-0.05, 0) is 24.4 Å². The van der Waals surface area contributed by atoms with Crippen LogP contribution in [0.1, 0.15) is 6.42 Å². The molecule has 20 heavy (non-hydrogen) atoms. The average Bonchev–Trinajstić information content (AvgIpc) is 2.84. The number of hydrogen-bond acceptors (Lipinski definition) is 5. The molecule has 1 aliphatic heterocycles. The van der Waals surface area contributed by atoms with Crippen molar-refractivity contribution in [1.82, 2.24) is 5.32 Å². The summed E-state index contributed by atoms with van der Waals surface area (Å²) >= 11 is 5.19. The third-order valence-electron chi connectivity index (χ3n) is 2.90. The van der Waals surface area contributed by atoms with E-state index in [4.69, 9.17) is 26.4 Å². The summed E-state index contributed by atoms with van der Waals surface area (Å²) in [5, 5.41) is 6.24. The number of esters is 1. The molecule has 0 aromatic heterocycles. The minimum absolute atomic E-state index is 0.285. The molecule has 0 radical (unpaired) electrons. The molecule has 1 aliphatic rings. The summed E-state index contributed by atoms with van der Waals surface area (Å²) in [6.07, 6.45) is 0.607. The number of ether oxygens (including phenoxy) is 3. The van der Waals surface area contributed by atoms with Crippen molar-refractivity contribution in [2.45, 2.75) is 12.5 Å². The van der Waals surface area contributed by atoms with Gasteiger partial charge in [0.2, 0.25) is 0 Å². The van der Waals surface area contributed by atoms with Crippen molar-refractivity contribution >= 4 is 29.0 Å². The Morgan fingerprint density at radius 3 is 2.80 bits per heavy atom. The van der Waals surface area contributed by atoms with E-state index >= 15 is 0 Å². The van der Waals surface area contributed by atoms with Gasteiger partial charge in [0, 0.05) is 12.5 Å². The number of nitrogens with one attached hydrogen (secondary N) is 2. The van der Waals surface area contributed by atoms with Gasteiger partial charge in [-0.1, -0.05) is 0 Å². The molecule has 1 unspecified atom stereocenters. The second-order valence-electron chi connectivity index (χ2n) is 4.17. The Balaban J connectivity index is 2.04. The molecule has 0 aliphatic carbocycles. The van der Waals surface area contributed by atoms with Gasteiger partial charge in [-0.15, -0.1) is 0 Å². The first kappa shape index (κ1) is 14.4. The summed E-state index contributed by atoms with van der Waals surface area (Å²) in [5.41, 5.74) is 0.663. The Morgan fingerprint density at radius 1 is 1.40 bits per heavy atom. The molecule has 1 saturated heterocycles. The lowest BCUT2D eigenvalue weighted by atomic mass is 10.2. The molecule has 0 bridgehead atoms. The van der Waals surface area contributed by atoms with Crippen LogP contribution in [0.2, 0.25) is 0 Å². The third kappa shape index (κ3) is 3.30. The minimum Gasteiger partial charge on any atom is -0.497 e. The summed E-state index contributed by atoms with van der Waals surface area (Å²) in [6, 6.07) is 4.92. The Labute approximate surface area is 122 Å². The molecule has 1 heterocycles. The lowest BCUT2D eigenvalue weighted by Crippen LogP contribution is -2.40. The first-order valence-electron chi connectivity index (χ1n) is 6.10. The SMILES string of the molecule is COc1ccc(OC)c(NC(=S)NC2CCOC2=O)c1. The number of carbonyl (C=O) groups excluding carboxylic acids is 1. The zero-order chi connectivity index (χ0) is 14.5. The highest BCUT2D eigenvalue weighted by molar-refractivity contribution is 7.80. The molecule has 1 aromatic carbocycles. The van der Waals surface area contributed by atoms with Crippen LogP contribution < -0.4 is 20.1 Å². The van der Waals surface area contributed by atoms with E-state index in [9.17, 15) is 4.79 Å². The van der Waals surface area contributed by atoms with Gasteiger partial charge in [0.1, 0.15) is 17.5 Å². The van der Waals surface area contributed by atoms with Crippen LogP contribution in [0, 0.1) is 0 Å². The number of methoxy groups -OCH3 is 2. The lowest BCUT2D eigenvalue weighted by molar-refractivity contribution is -0.139. The molecule has 0 saturated carbocycles. The summed E-state index contributed by atoms with van der Waals surface area (Å²) in [5.74, 6) is 1.02. The number of rotatable bonds is 4. The Morgan fingerprint density at radius 2 is 2.20 bits per heavy atom. The maximum absolute atomic E-state index is 11.4. The fraction of sp³-hybridized carbons (Fsp3) is 0.385. The van der Waals surface area contributed by atoms with E-state index in [1.54, 1.807) is 32.4 Å². The van der Waals surface area contributed by atoms with Crippen molar-refractivity contribution in [3.8, 4) is 11.5 Å². The molecule has 6 nitrogen and oxygen atoms in total. The second-order valence-corrected chi connectivity index (χ2v) is 4.58. The summed E-state index contributed by atoms with van der Waals surface area (Å²) in [7, 11) is 3.15. The molecule has 1 aromatic rings. The van der Waals surface area contributed by atoms with Crippen LogP contribution in [0.3, 0.4) is 0 Å². The fourth-order valence-corrected chi connectivity index (χ4v) is 2.11. The minimum atomic E-state index is -0.397. The molecule has 2 rings (SSSR count). The normalized spacial score (nSPS) is 17.3. The monoisotopic (exact) mass is 296 g/mol. The second kappa shape index (κ2) is 6.42. The number of cyclic esters (lactones) is 1. The van der Waals surface area contributed by atoms with E-state index in [1.165, 1.54) is 0 Å². The van der Waals surface area contributed by atoms with Crippen molar-refractivity contribution in [1.29, 1.82) is 0 Å². The van der Waals surface area contributed by atoms with Crippen molar-refractivity contribution in [2.24, 2.45) is 0 Å². The number of thiocarbonyl (C=S) groups is 1. The van der Waals surface area contributed by atoms with Crippen molar-refractivity contribution in [2.75, 3.05) is 26.1 Å². The topological polar surface area (TPSA) is 68.8 Å². The van der Waals surface area contributed by atoms with Crippen molar-refractivity contribution in [3.05, 3.63) is 18.2 Å². The van der Waals surface area contributed by atoms with E-state index in [0.717, 1.165) is 0 Å². The van der Waals surface area contributed by atoms with Gasteiger partial charge in [-0.25, -0.2) is 4.79 Å². The Bertz CT molecular complexity index is 521. The third-order valence-corrected chi connectivity index (χ3v) is 3.12.